The van der Waals surface area contributed by atoms with Crippen molar-refractivity contribution in [3.63, 3.8) is 0 Å². The van der Waals surface area contributed by atoms with E-state index in [1.165, 1.54) is 10.9 Å². The summed E-state index contributed by atoms with van der Waals surface area (Å²) >= 11 is 0. The summed E-state index contributed by atoms with van der Waals surface area (Å²) < 4.78 is 5.81. The molecule has 0 aliphatic carbocycles. The molecule has 1 aliphatic heterocycles. The first kappa shape index (κ1) is 25.0. The van der Waals surface area contributed by atoms with Gasteiger partial charge in [-0.05, 0) is 35.2 Å². The predicted molar refractivity (Wildman–Crippen MR) is 155 cm³/mol. The van der Waals surface area contributed by atoms with Gasteiger partial charge in [0, 0.05) is 44.6 Å². The van der Waals surface area contributed by atoms with Crippen LogP contribution in [-0.2, 0) is 17.6 Å². The molecule has 3 heterocycles. The molecule has 7 nitrogen and oxygen atoms in total. The molecular formula is C32H33N5O2. The lowest BCUT2D eigenvalue weighted by Crippen LogP contribution is -2.49. The molecule has 1 aliphatic rings. The normalized spacial score (nSPS) is 13.9. The maximum Gasteiger partial charge on any atom is 0.263 e. The van der Waals surface area contributed by atoms with Gasteiger partial charge in [0.05, 0.1) is 0 Å². The number of rotatable bonds is 8. The average Bonchev–Trinajstić information content (AvgIpc) is 3.43. The highest BCUT2D eigenvalue weighted by Gasteiger charge is 2.27. The van der Waals surface area contributed by atoms with Gasteiger partial charge in [-0.2, -0.15) is 4.98 Å². The molecule has 2 aromatic heterocycles. The monoisotopic (exact) mass is 519 g/mol. The summed E-state index contributed by atoms with van der Waals surface area (Å²) in [5, 5.41) is 7.65. The van der Waals surface area contributed by atoms with Crippen molar-refractivity contribution < 1.29 is 9.32 Å². The Kier molecular flexibility index (Phi) is 7.21. The summed E-state index contributed by atoms with van der Waals surface area (Å²) in [5.41, 5.74) is 3.46. The van der Waals surface area contributed by atoms with Crippen LogP contribution >= 0.6 is 0 Å². The second kappa shape index (κ2) is 11.2. The minimum Gasteiger partial charge on any atom is -0.352 e. The van der Waals surface area contributed by atoms with Gasteiger partial charge in [-0.3, -0.25) is 4.79 Å². The number of piperazine rings is 1. The van der Waals surface area contributed by atoms with Crippen molar-refractivity contribution in [2.24, 2.45) is 0 Å². The van der Waals surface area contributed by atoms with Crippen LogP contribution in [-0.4, -0.2) is 52.1 Å². The van der Waals surface area contributed by atoms with E-state index >= 15 is 0 Å². The van der Waals surface area contributed by atoms with Gasteiger partial charge in [0.25, 0.3) is 5.71 Å². The first-order valence-corrected chi connectivity index (χ1v) is 13.9. The molecule has 1 saturated heterocycles. The second-order valence-corrected chi connectivity index (χ2v) is 10.2. The number of carbonyl (C=O) groups excluding carboxylic acids is 1. The fourth-order valence-electron chi connectivity index (χ4n) is 5.31. The number of nitrogens with zero attached hydrogens (tertiary/aromatic N) is 5. The quantitative estimate of drug-likeness (QED) is 0.248. The summed E-state index contributed by atoms with van der Waals surface area (Å²) in [5.74, 6) is 1.84. The van der Waals surface area contributed by atoms with E-state index in [9.17, 15) is 4.79 Å². The lowest BCUT2D eigenvalue weighted by Gasteiger charge is -2.35. The predicted octanol–water partition coefficient (Wildman–Crippen LogP) is 6.06. The van der Waals surface area contributed by atoms with E-state index in [0.29, 0.717) is 38.3 Å². The Labute approximate surface area is 228 Å². The number of carbonyl (C=O) groups is 1. The van der Waals surface area contributed by atoms with Crippen LogP contribution in [0.15, 0.2) is 77.3 Å². The molecular weight excluding hydrogens is 486 g/mol. The standard InChI is InChI=1S/C32H33N5O2/c1-2-3-13-27-33-31(37-20-18-36(19-21-37)28(38)17-14-23-9-5-4-6-10-23)29-30(35-39-32(29)34-27)26-16-15-24-11-7-8-12-25(24)22-26/h4-12,15-16,22H,2-3,13-14,17-21H2,1H3. The molecule has 3 aromatic carbocycles. The fraction of sp³-hybridized carbons (Fsp3) is 0.312. The first-order chi connectivity index (χ1) is 19.2. The molecule has 0 bridgehead atoms. The molecule has 198 valence electrons. The third-order valence-corrected chi connectivity index (χ3v) is 7.54. The van der Waals surface area contributed by atoms with Gasteiger partial charge in [-0.15, -0.1) is 0 Å². The van der Waals surface area contributed by atoms with Crippen LogP contribution in [0.25, 0.3) is 33.1 Å². The van der Waals surface area contributed by atoms with E-state index in [-0.39, 0.29) is 5.91 Å². The highest BCUT2D eigenvalue weighted by Crippen LogP contribution is 2.35. The third-order valence-electron chi connectivity index (χ3n) is 7.54. The molecule has 6 rings (SSSR count). The van der Waals surface area contributed by atoms with Gasteiger partial charge in [-0.25, -0.2) is 4.98 Å². The Morgan fingerprint density at radius 3 is 2.44 bits per heavy atom. The van der Waals surface area contributed by atoms with Crippen molar-refractivity contribution in [3.8, 4) is 11.3 Å². The molecule has 7 heteroatoms. The van der Waals surface area contributed by atoms with Crippen molar-refractivity contribution in [2.45, 2.75) is 39.0 Å². The molecule has 0 unspecified atom stereocenters. The van der Waals surface area contributed by atoms with E-state index in [1.54, 1.807) is 0 Å². The molecule has 1 fully saturated rings. The Morgan fingerprint density at radius 1 is 0.872 bits per heavy atom. The zero-order chi connectivity index (χ0) is 26.6. The second-order valence-electron chi connectivity index (χ2n) is 10.2. The minimum atomic E-state index is 0.205. The van der Waals surface area contributed by atoms with E-state index in [2.05, 4.69) is 59.4 Å². The Hall–Kier alpha value is -4.26. The van der Waals surface area contributed by atoms with Crippen LogP contribution in [0.3, 0.4) is 0 Å². The molecule has 0 radical (unpaired) electrons. The molecule has 0 spiro atoms. The smallest absolute Gasteiger partial charge is 0.263 e. The number of fused-ring (bicyclic) bond motifs is 2. The summed E-state index contributed by atoms with van der Waals surface area (Å²) in [6.07, 6.45) is 4.17. The van der Waals surface area contributed by atoms with Crippen molar-refractivity contribution in [2.75, 3.05) is 31.1 Å². The van der Waals surface area contributed by atoms with Crippen LogP contribution < -0.4 is 4.90 Å². The SMILES string of the molecule is CCCCc1nc(N2CCN(C(=O)CCc3ccccc3)CC2)c2c(-c3ccc4ccccc4c3)noc2n1. The Morgan fingerprint density at radius 2 is 1.64 bits per heavy atom. The number of benzene rings is 3. The molecule has 1 amide bonds. The number of amides is 1. The van der Waals surface area contributed by atoms with Gasteiger partial charge in [-0.1, -0.05) is 85.2 Å². The number of unbranched alkanes of at least 4 members (excludes halogenated alkanes) is 1. The van der Waals surface area contributed by atoms with Crippen molar-refractivity contribution in [3.05, 3.63) is 84.2 Å². The largest absolute Gasteiger partial charge is 0.352 e. The summed E-state index contributed by atoms with van der Waals surface area (Å²) in [7, 11) is 0. The maximum absolute atomic E-state index is 13.0. The van der Waals surface area contributed by atoms with Crippen molar-refractivity contribution in [1.82, 2.24) is 20.0 Å². The first-order valence-electron chi connectivity index (χ1n) is 13.9. The highest BCUT2D eigenvalue weighted by atomic mass is 16.5. The number of anilines is 1. The zero-order valence-electron chi connectivity index (χ0n) is 22.3. The van der Waals surface area contributed by atoms with Gasteiger partial charge < -0.3 is 14.3 Å². The number of hydrogen-bond donors (Lipinski definition) is 0. The fourth-order valence-corrected chi connectivity index (χ4v) is 5.31. The van der Waals surface area contributed by atoms with E-state index in [1.807, 2.05) is 35.2 Å². The topological polar surface area (TPSA) is 75.4 Å². The lowest BCUT2D eigenvalue weighted by molar-refractivity contribution is -0.131. The molecule has 5 aromatic rings. The summed E-state index contributed by atoms with van der Waals surface area (Å²) in [4.78, 5) is 27.0. The van der Waals surface area contributed by atoms with E-state index in [4.69, 9.17) is 14.5 Å². The molecule has 0 N–H and O–H groups in total. The highest BCUT2D eigenvalue weighted by molar-refractivity contribution is 6.00. The summed E-state index contributed by atoms with van der Waals surface area (Å²) in [6, 6.07) is 24.8. The molecule has 0 atom stereocenters. The van der Waals surface area contributed by atoms with Crippen molar-refractivity contribution in [1.29, 1.82) is 0 Å². The van der Waals surface area contributed by atoms with E-state index < -0.39 is 0 Å². The van der Waals surface area contributed by atoms with Crippen LogP contribution in [0.5, 0.6) is 0 Å². The van der Waals surface area contributed by atoms with Crippen LogP contribution in [0.2, 0.25) is 0 Å². The molecule has 0 saturated carbocycles. The lowest BCUT2D eigenvalue weighted by atomic mass is 10.0. The van der Waals surface area contributed by atoms with E-state index in [0.717, 1.165) is 59.4 Å². The van der Waals surface area contributed by atoms with Crippen molar-refractivity contribution >= 4 is 33.6 Å². The van der Waals surface area contributed by atoms with Gasteiger partial charge in [0.1, 0.15) is 22.7 Å². The third kappa shape index (κ3) is 5.35. The minimum absolute atomic E-state index is 0.205. The number of hydrogen-bond acceptors (Lipinski definition) is 6. The molecule has 39 heavy (non-hydrogen) atoms. The maximum atomic E-state index is 13.0. The van der Waals surface area contributed by atoms with Gasteiger partial charge in [0.2, 0.25) is 5.91 Å². The number of aromatic nitrogens is 3. The number of aryl methyl sites for hydroxylation is 2. The zero-order valence-corrected chi connectivity index (χ0v) is 22.3. The average molecular weight is 520 g/mol. The van der Waals surface area contributed by atoms with Crippen LogP contribution in [0.1, 0.15) is 37.6 Å². The van der Waals surface area contributed by atoms with Gasteiger partial charge in [0.15, 0.2) is 0 Å². The van der Waals surface area contributed by atoms with Crippen LogP contribution in [0, 0.1) is 0 Å². The Bertz CT molecular complexity index is 1590. The Balaban J connectivity index is 1.27. The summed E-state index contributed by atoms with van der Waals surface area (Å²) in [6.45, 7) is 4.91. The van der Waals surface area contributed by atoms with Crippen LogP contribution in [0.4, 0.5) is 5.82 Å². The van der Waals surface area contributed by atoms with Gasteiger partial charge >= 0.3 is 0 Å².